The predicted molar refractivity (Wildman–Crippen MR) is 107 cm³/mol. The van der Waals surface area contributed by atoms with E-state index in [-0.39, 0.29) is 17.7 Å². The standard InChI is InChI=1S/C22H25N3O2/c1-17-7-5-6-10-20(17)25-16-18(15-21(25)26)22(27)24-13-11-23(12-14-24)19-8-3-2-4-9-19/h2-10,18H,11-16H2,1H3/t18-/m0/s1. The second kappa shape index (κ2) is 7.43. The molecule has 2 amide bonds. The monoisotopic (exact) mass is 363 g/mol. The van der Waals surface area contributed by atoms with Crippen LogP contribution in [0.5, 0.6) is 0 Å². The van der Waals surface area contributed by atoms with Crippen LogP contribution in [0.3, 0.4) is 0 Å². The summed E-state index contributed by atoms with van der Waals surface area (Å²) in [6.45, 7) is 5.57. The summed E-state index contributed by atoms with van der Waals surface area (Å²) < 4.78 is 0. The van der Waals surface area contributed by atoms with E-state index in [0.717, 1.165) is 24.3 Å². The third kappa shape index (κ3) is 3.54. The minimum atomic E-state index is -0.236. The lowest BCUT2D eigenvalue weighted by atomic mass is 10.1. The number of para-hydroxylation sites is 2. The van der Waals surface area contributed by atoms with Crippen molar-refractivity contribution in [1.82, 2.24) is 4.90 Å². The van der Waals surface area contributed by atoms with Gasteiger partial charge in [0.1, 0.15) is 0 Å². The SMILES string of the molecule is Cc1ccccc1N1C[C@@H](C(=O)N2CCN(c3ccccc3)CC2)CC1=O. The molecule has 0 aromatic heterocycles. The van der Waals surface area contributed by atoms with E-state index < -0.39 is 0 Å². The van der Waals surface area contributed by atoms with Crippen molar-refractivity contribution >= 4 is 23.2 Å². The Bertz CT molecular complexity index is 828. The Balaban J connectivity index is 1.38. The largest absolute Gasteiger partial charge is 0.368 e. The number of rotatable bonds is 3. The van der Waals surface area contributed by atoms with Gasteiger partial charge in [0.15, 0.2) is 0 Å². The van der Waals surface area contributed by atoms with Crippen LogP contribution in [-0.2, 0) is 9.59 Å². The van der Waals surface area contributed by atoms with Gasteiger partial charge in [-0.1, -0.05) is 36.4 Å². The van der Waals surface area contributed by atoms with Crippen LogP contribution in [0.15, 0.2) is 54.6 Å². The zero-order valence-electron chi connectivity index (χ0n) is 15.7. The highest BCUT2D eigenvalue weighted by atomic mass is 16.2. The second-order valence-corrected chi connectivity index (χ2v) is 7.34. The molecule has 27 heavy (non-hydrogen) atoms. The molecule has 1 atom stereocenters. The quantitative estimate of drug-likeness (QED) is 0.842. The van der Waals surface area contributed by atoms with Gasteiger partial charge in [0, 0.05) is 50.5 Å². The fourth-order valence-corrected chi connectivity index (χ4v) is 4.05. The smallest absolute Gasteiger partial charge is 0.228 e. The minimum absolute atomic E-state index is 0.0468. The zero-order valence-corrected chi connectivity index (χ0v) is 15.7. The van der Waals surface area contributed by atoms with E-state index in [0.29, 0.717) is 26.1 Å². The second-order valence-electron chi connectivity index (χ2n) is 7.34. The molecule has 2 aromatic carbocycles. The molecule has 0 radical (unpaired) electrons. The molecule has 4 rings (SSSR count). The van der Waals surface area contributed by atoms with E-state index in [1.807, 2.05) is 54.3 Å². The van der Waals surface area contributed by atoms with E-state index in [1.54, 1.807) is 4.90 Å². The van der Waals surface area contributed by atoms with Gasteiger partial charge in [0.05, 0.1) is 5.92 Å². The van der Waals surface area contributed by atoms with E-state index in [9.17, 15) is 9.59 Å². The highest BCUT2D eigenvalue weighted by Gasteiger charge is 2.38. The van der Waals surface area contributed by atoms with Crippen molar-refractivity contribution in [2.75, 3.05) is 42.5 Å². The van der Waals surface area contributed by atoms with E-state index in [2.05, 4.69) is 17.0 Å². The first kappa shape index (κ1) is 17.6. The normalized spacial score (nSPS) is 20.3. The summed E-state index contributed by atoms with van der Waals surface area (Å²) in [5.41, 5.74) is 3.19. The van der Waals surface area contributed by atoms with Gasteiger partial charge in [-0.15, -0.1) is 0 Å². The first-order valence-corrected chi connectivity index (χ1v) is 9.58. The molecule has 2 fully saturated rings. The third-order valence-electron chi connectivity index (χ3n) is 5.59. The average Bonchev–Trinajstić information content (AvgIpc) is 3.10. The zero-order chi connectivity index (χ0) is 18.8. The fourth-order valence-electron chi connectivity index (χ4n) is 4.05. The Morgan fingerprint density at radius 2 is 1.59 bits per heavy atom. The Kier molecular flexibility index (Phi) is 4.84. The van der Waals surface area contributed by atoms with Gasteiger partial charge in [0.25, 0.3) is 0 Å². The predicted octanol–water partition coefficient (Wildman–Crippen LogP) is 2.70. The molecule has 2 aliphatic heterocycles. The Morgan fingerprint density at radius 3 is 2.30 bits per heavy atom. The minimum Gasteiger partial charge on any atom is -0.368 e. The summed E-state index contributed by atoms with van der Waals surface area (Å²) in [6, 6.07) is 18.2. The molecule has 2 aromatic rings. The number of amides is 2. The van der Waals surface area contributed by atoms with E-state index >= 15 is 0 Å². The topological polar surface area (TPSA) is 43.9 Å². The van der Waals surface area contributed by atoms with Crippen LogP contribution in [0.1, 0.15) is 12.0 Å². The highest BCUT2D eigenvalue weighted by molar-refractivity contribution is 6.00. The summed E-state index contributed by atoms with van der Waals surface area (Å²) in [6.07, 6.45) is 0.312. The molecule has 0 bridgehead atoms. The Hall–Kier alpha value is -2.82. The fraction of sp³-hybridized carbons (Fsp3) is 0.364. The van der Waals surface area contributed by atoms with E-state index in [4.69, 9.17) is 0 Å². The first-order valence-electron chi connectivity index (χ1n) is 9.58. The molecule has 2 saturated heterocycles. The van der Waals surface area contributed by atoms with Crippen molar-refractivity contribution in [2.24, 2.45) is 5.92 Å². The van der Waals surface area contributed by atoms with Crippen molar-refractivity contribution in [1.29, 1.82) is 0 Å². The lowest BCUT2D eigenvalue weighted by Crippen LogP contribution is -2.50. The molecule has 0 unspecified atom stereocenters. The van der Waals surface area contributed by atoms with E-state index in [1.165, 1.54) is 5.69 Å². The summed E-state index contributed by atoms with van der Waals surface area (Å²) >= 11 is 0. The third-order valence-corrected chi connectivity index (χ3v) is 5.59. The van der Waals surface area contributed by atoms with Gasteiger partial charge in [-0.05, 0) is 30.7 Å². The van der Waals surface area contributed by atoms with Gasteiger partial charge in [0.2, 0.25) is 11.8 Å². The number of carbonyl (C=O) groups excluding carboxylic acids is 2. The molecule has 0 saturated carbocycles. The van der Waals surface area contributed by atoms with Crippen molar-refractivity contribution in [3.8, 4) is 0 Å². The summed E-state index contributed by atoms with van der Waals surface area (Å²) in [5, 5.41) is 0. The number of hydrogen-bond donors (Lipinski definition) is 0. The summed E-state index contributed by atoms with van der Waals surface area (Å²) in [7, 11) is 0. The first-order chi connectivity index (χ1) is 13.1. The van der Waals surface area contributed by atoms with Gasteiger partial charge in [-0.2, -0.15) is 0 Å². The van der Waals surface area contributed by atoms with Gasteiger partial charge in [-0.25, -0.2) is 0 Å². The van der Waals surface area contributed by atoms with Crippen LogP contribution in [0, 0.1) is 12.8 Å². The number of benzene rings is 2. The molecule has 2 aliphatic rings. The lowest BCUT2D eigenvalue weighted by Gasteiger charge is -2.37. The lowest BCUT2D eigenvalue weighted by molar-refractivity contribution is -0.136. The van der Waals surface area contributed by atoms with Crippen molar-refractivity contribution in [2.45, 2.75) is 13.3 Å². The number of anilines is 2. The van der Waals surface area contributed by atoms with Crippen LogP contribution < -0.4 is 9.80 Å². The van der Waals surface area contributed by atoms with Crippen LogP contribution in [0.4, 0.5) is 11.4 Å². The summed E-state index contributed by atoms with van der Waals surface area (Å²) in [5.74, 6) is -0.0712. The Labute approximate surface area is 160 Å². The number of aryl methyl sites for hydroxylation is 1. The number of nitrogens with zero attached hydrogens (tertiary/aromatic N) is 3. The van der Waals surface area contributed by atoms with Crippen LogP contribution in [-0.4, -0.2) is 49.4 Å². The average molecular weight is 363 g/mol. The maximum atomic E-state index is 13.0. The van der Waals surface area contributed by atoms with Crippen molar-refractivity contribution in [3.05, 3.63) is 60.2 Å². The van der Waals surface area contributed by atoms with Crippen LogP contribution in [0.25, 0.3) is 0 Å². The van der Waals surface area contributed by atoms with Crippen molar-refractivity contribution < 1.29 is 9.59 Å². The number of hydrogen-bond acceptors (Lipinski definition) is 3. The van der Waals surface area contributed by atoms with Crippen LogP contribution in [0.2, 0.25) is 0 Å². The van der Waals surface area contributed by atoms with Gasteiger partial charge < -0.3 is 14.7 Å². The maximum Gasteiger partial charge on any atom is 0.228 e. The summed E-state index contributed by atoms with van der Waals surface area (Å²) in [4.78, 5) is 31.5. The maximum absolute atomic E-state index is 13.0. The van der Waals surface area contributed by atoms with Crippen LogP contribution >= 0.6 is 0 Å². The number of piperazine rings is 1. The molecule has 0 aliphatic carbocycles. The van der Waals surface area contributed by atoms with Gasteiger partial charge in [-0.3, -0.25) is 9.59 Å². The molecule has 140 valence electrons. The molecule has 2 heterocycles. The van der Waals surface area contributed by atoms with Crippen molar-refractivity contribution in [3.63, 3.8) is 0 Å². The molecular formula is C22H25N3O2. The highest BCUT2D eigenvalue weighted by Crippen LogP contribution is 2.29. The molecule has 0 N–H and O–H groups in total. The molecule has 5 nitrogen and oxygen atoms in total. The number of carbonyl (C=O) groups is 2. The van der Waals surface area contributed by atoms with Gasteiger partial charge >= 0.3 is 0 Å². The molecular weight excluding hydrogens is 338 g/mol. The Morgan fingerprint density at radius 1 is 0.926 bits per heavy atom. The molecule has 0 spiro atoms. The molecule has 5 heteroatoms.